The van der Waals surface area contributed by atoms with Crippen molar-refractivity contribution in [2.24, 2.45) is 0 Å². The van der Waals surface area contributed by atoms with Crippen molar-refractivity contribution in [3.05, 3.63) is 120 Å². The summed E-state index contributed by atoms with van der Waals surface area (Å²) in [5.41, 5.74) is 3.52. The number of carbonyl (C=O) groups is 1. The number of aliphatic hydroxyl groups is 1. The van der Waals surface area contributed by atoms with Gasteiger partial charge >= 0.3 is 0 Å². The van der Waals surface area contributed by atoms with Crippen molar-refractivity contribution in [1.82, 2.24) is 4.90 Å². The molecule has 0 unspecified atom stereocenters. The first-order valence-electron chi connectivity index (χ1n) is 13.3. The van der Waals surface area contributed by atoms with Crippen molar-refractivity contribution >= 4 is 5.78 Å². The summed E-state index contributed by atoms with van der Waals surface area (Å²) in [7, 11) is 0. The third-order valence-corrected chi connectivity index (χ3v) is 7.60. The van der Waals surface area contributed by atoms with Crippen LogP contribution in [0.3, 0.4) is 0 Å². The molecule has 0 aliphatic carbocycles. The smallest absolute Gasteiger partial charge is 0.162 e. The lowest BCUT2D eigenvalue weighted by molar-refractivity contribution is -0.0270. The van der Waals surface area contributed by atoms with Crippen LogP contribution >= 0.6 is 0 Å². The van der Waals surface area contributed by atoms with E-state index >= 15 is 0 Å². The molecule has 3 aromatic rings. The van der Waals surface area contributed by atoms with Gasteiger partial charge in [-0.05, 0) is 56.3 Å². The van der Waals surface area contributed by atoms with Gasteiger partial charge in [0.05, 0.1) is 11.9 Å². The van der Waals surface area contributed by atoms with Gasteiger partial charge in [-0.2, -0.15) is 0 Å². The Labute approximate surface area is 221 Å². The summed E-state index contributed by atoms with van der Waals surface area (Å²) >= 11 is 0. The number of ether oxygens (including phenoxy) is 1. The van der Waals surface area contributed by atoms with Gasteiger partial charge in [0.15, 0.2) is 5.78 Å². The summed E-state index contributed by atoms with van der Waals surface area (Å²) in [5, 5.41) is 9.84. The molecule has 3 aromatic carbocycles. The summed E-state index contributed by atoms with van der Waals surface area (Å²) in [6, 6.07) is 28.5. The minimum Gasteiger partial charge on any atom is -0.512 e. The van der Waals surface area contributed by atoms with Crippen LogP contribution < -0.4 is 0 Å². The quantitative estimate of drug-likeness (QED) is 0.224. The van der Waals surface area contributed by atoms with Gasteiger partial charge in [0, 0.05) is 30.5 Å². The average molecular weight is 498 g/mol. The molecule has 0 bridgehead atoms. The summed E-state index contributed by atoms with van der Waals surface area (Å²) in [6.45, 7) is 10.4. The van der Waals surface area contributed by atoms with Crippen molar-refractivity contribution in [2.45, 2.75) is 57.2 Å². The van der Waals surface area contributed by atoms with Gasteiger partial charge < -0.3 is 14.7 Å². The third-order valence-electron chi connectivity index (χ3n) is 7.60. The molecule has 0 spiro atoms. The molecule has 0 radical (unpaired) electrons. The molecule has 1 N–H and O–H groups in total. The molecular formula is C33H39NO3. The summed E-state index contributed by atoms with van der Waals surface area (Å²) < 4.78 is 6.66. The molecule has 194 valence electrons. The number of hydrogen-bond donors (Lipinski definition) is 1. The van der Waals surface area contributed by atoms with Crippen molar-refractivity contribution in [3.63, 3.8) is 0 Å². The minimum atomic E-state index is -0.528. The molecule has 0 aromatic heterocycles. The zero-order valence-corrected chi connectivity index (χ0v) is 22.1. The Morgan fingerprint density at radius 2 is 1.49 bits per heavy atom. The first-order chi connectivity index (χ1) is 17.8. The van der Waals surface area contributed by atoms with Crippen LogP contribution in [0.2, 0.25) is 0 Å². The maximum Gasteiger partial charge on any atom is 0.162 e. The average Bonchev–Trinajstić information content (AvgIpc) is 2.93. The van der Waals surface area contributed by atoms with Gasteiger partial charge in [0.1, 0.15) is 6.10 Å². The molecule has 1 aliphatic rings. The predicted octanol–water partition coefficient (Wildman–Crippen LogP) is 7.27. The Bertz CT molecular complexity index is 1110. The Morgan fingerprint density at radius 1 is 0.946 bits per heavy atom. The van der Waals surface area contributed by atoms with E-state index in [-0.39, 0.29) is 23.8 Å². The Hall–Kier alpha value is -3.21. The van der Waals surface area contributed by atoms with E-state index in [1.54, 1.807) is 0 Å². The van der Waals surface area contributed by atoms with E-state index in [0.717, 1.165) is 50.0 Å². The maximum absolute atomic E-state index is 12.7. The molecular weight excluding hydrogens is 458 g/mol. The Morgan fingerprint density at radius 3 is 2.00 bits per heavy atom. The van der Waals surface area contributed by atoms with Crippen LogP contribution in [-0.4, -0.2) is 41.5 Å². The zero-order valence-electron chi connectivity index (χ0n) is 22.1. The third kappa shape index (κ3) is 6.97. The molecule has 4 nitrogen and oxygen atoms in total. The summed E-state index contributed by atoms with van der Waals surface area (Å²) in [5.74, 6) is 0.287. The maximum atomic E-state index is 12.7. The van der Waals surface area contributed by atoms with Gasteiger partial charge in [0.25, 0.3) is 0 Å². The molecule has 1 fully saturated rings. The number of ketones is 1. The van der Waals surface area contributed by atoms with Gasteiger partial charge in [-0.25, -0.2) is 0 Å². The number of benzene rings is 3. The van der Waals surface area contributed by atoms with Crippen LogP contribution in [0, 0.1) is 0 Å². The molecule has 4 rings (SSSR count). The van der Waals surface area contributed by atoms with E-state index in [1.165, 1.54) is 11.1 Å². The van der Waals surface area contributed by atoms with E-state index in [0.29, 0.717) is 6.42 Å². The van der Waals surface area contributed by atoms with Gasteiger partial charge in [-0.15, -0.1) is 0 Å². The number of nitrogens with zero attached hydrogens (tertiary/aromatic N) is 1. The SMILES string of the molecule is C=C(O)C(C)(C)c1ccc(C(=O)CCCN2CCC(OC(c3ccccc3)c3ccccc3)CC2)cc1. The number of piperidine rings is 1. The monoisotopic (exact) mass is 497 g/mol. The molecule has 1 aliphatic heterocycles. The van der Waals surface area contributed by atoms with Crippen molar-refractivity contribution < 1.29 is 14.6 Å². The fraction of sp³-hybridized carbons (Fsp3) is 0.364. The van der Waals surface area contributed by atoms with Gasteiger partial charge in [0.2, 0.25) is 0 Å². The second-order valence-electron chi connectivity index (χ2n) is 10.6. The number of rotatable bonds is 11. The Balaban J connectivity index is 1.24. The van der Waals surface area contributed by atoms with Gasteiger partial charge in [-0.1, -0.05) is 91.5 Å². The van der Waals surface area contributed by atoms with E-state index in [4.69, 9.17) is 4.74 Å². The number of Topliss-reactive ketones (excluding diaryl/α,β-unsaturated/α-hetero) is 1. The topological polar surface area (TPSA) is 49.8 Å². The van der Waals surface area contributed by atoms with Crippen LogP contribution in [0.5, 0.6) is 0 Å². The number of likely N-dealkylation sites (tertiary alicyclic amines) is 1. The fourth-order valence-electron chi connectivity index (χ4n) is 4.91. The molecule has 0 atom stereocenters. The number of carbonyl (C=O) groups excluding carboxylic acids is 1. The van der Waals surface area contributed by atoms with E-state index in [1.807, 2.05) is 50.2 Å². The van der Waals surface area contributed by atoms with Crippen LogP contribution in [0.25, 0.3) is 0 Å². The minimum absolute atomic E-state index is 0.0519. The first kappa shape index (κ1) is 26.8. The summed E-state index contributed by atoms with van der Waals surface area (Å²) in [6.07, 6.45) is 3.55. The molecule has 37 heavy (non-hydrogen) atoms. The van der Waals surface area contributed by atoms with Crippen molar-refractivity contribution in [2.75, 3.05) is 19.6 Å². The zero-order chi connectivity index (χ0) is 26.3. The fourth-order valence-corrected chi connectivity index (χ4v) is 4.91. The van der Waals surface area contributed by atoms with E-state index in [9.17, 15) is 9.90 Å². The van der Waals surface area contributed by atoms with Crippen LogP contribution in [0.1, 0.15) is 72.7 Å². The molecule has 4 heteroatoms. The molecule has 1 saturated heterocycles. The highest BCUT2D eigenvalue weighted by atomic mass is 16.5. The molecule has 0 saturated carbocycles. The normalized spacial score (nSPS) is 15.1. The second kappa shape index (κ2) is 12.4. The highest BCUT2D eigenvalue weighted by molar-refractivity contribution is 5.96. The second-order valence-corrected chi connectivity index (χ2v) is 10.6. The predicted molar refractivity (Wildman–Crippen MR) is 150 cm³/mol. The largest absolute Gasteiger partial charge is 0.512 e. The lowest BCUT2D eigenvalue weighted by Crippen LogP contribution is -2.38. The standard InChI is InChI=1S/C33H39NO3/c1-25(35)33(2,3)29-18-16-26(17-19-29)31(36)15-10-22-34-23-20-30(21-24-34)37-32(27-11-6-4-7-12-27)28-13-8-5-9-14-28/h4-9,11-14,16-19,30,32,35H,1,10,15,20-24H2,2-3H3. The van der Waals surface area contributed by atoms with Crippen molar-refractivity contribution in [1.29, 1.82) is 0 Å². The highest BCUT2D eigenvalue weighted by Gasteiger charge is 2.26. The van der Waals surface area contributed by atoms with E-state index < -0.39 is 5.41 Å². The lowest BCUT2D eigenvalue weighted by Gasteiger charge is -2.34. The molecule has 1 heterocycles. The van der Waals surface area contributed by atoms with E-state index in [2.05, 4.69) is 60.0 Å². The number of hydrogen-bond acceptors (Lipinski definition) is 4. The van der Waals surface area contributed by atoms with Crippen LogP contribution in [0.4, 0.5) is 0 Å². The van der Waals surface area contributed by atoms with Crippen molar-refractivity contribution in [3.8, 4) is 0 Å². The summed E-state index contributed by atoms with van der Waals surface area (Å²) in [4.78, 5) is 15.2. The first-order valence-corrected chi connectivity index (χ1v) is 13.3. The number of allylic oxidation sites excluding steroid dienone is 1. The Kier molecular flexibility index (Phi) is 8.96. The highest BCUT2D eigenvalue weighted by Crippen LogP contribution is 2.31. The van der Waals surface area contributed by atoms with Crippen LogP contribution in [0.15, 0.2) is 97.3 Å². The van der Waals surface area contributed by atoms with Gasteiger partial charge in [-0.3, -0.25) is 4.79 Å². The molecule has 0 amide bonds. The van der Waals surface area contributed by atoms with Crippen LogP contribution in [-0.2, 0) is 10.2 Å². The lowest BCUT2D eigenvalue weighted by atomic mass is 9.82. The number of aliphatic hydroxyl groups excluding tert-OH is 1.